The number of ether oxygens (including phenoxy) is 1. The molecule has 0 N–H and O–H groups in total. The molecule has 0 aromatic heterocycles. The maximum absolute atomic E-state index is 13.0. The Labute approximate surface area is 165 Å². The summed E-state index contributed by atoms with van der Waals surface area (Å²) in [5.41, 5.74) is 2.83. The first-order valence-corrected chi connectivity index (χ1v) is 9.63. The van der Waals surface area contributed by atoms with Gasteiger partial charge in [-0.3, -0.25) is 14.5 Å². The highest BCUT2D eigenvalue weighted by Gasteiger charge is 2.43. The molecular formula is C22H25N3O3. The van der Waals surface area contributed by atoms with E-state index in [1.807, 2.05) is 49.4 Å². The van der Waals surface area contributed by atoms with Crippen LogP contribution >= 0.6 is 0 Å². The summed E-state index contributed by atoms with van der Waals surface area (Å²) in [5.74, 6) is 0.617. The maximum Gasteiger partial charge on any atom is 0.251 e. The highest BCUT2D eigenvalue weighted by atomic mass is 16.5. The number of imide groups is 1. The molecule has 2 amide bonds. The van der Waals surface area contributed by atoms with E-state index in [1.54, 1.807) is 7.11 Å². The monoisotopic (exact) mass is 379 g/mol. The zero-order chi connectivity index (χ0) is 19.7. The van der Waals surface area contributed by atoms with Crippen LogP contribution < -0.4 is 14.5 Å². The highest BCUT2D eigenvalue weighted by Crippen LogP contribution is 2.28. The molecule has 2 fully saturated rings. The topological polar surface area (TPSA) is 53.1 Å². The summed E-state index contributed by atoms with van der Waals surface area (Å²) in [6.07, 6.45) is 0.256. The van der Waals surface area contributed by atoms with Crippen molar-refractivity contribution in [2.45, 2.75) is 19.4 Å². The highest BCUT2D eigenvalue weighted by molar-refractivity contribution is 6.22. The van der Waals surface area contributed by atoms with Gasteiger partial charge in [0.1, 0.15) is 5.75 Å². The fraction of sp³-hybridized carbons (Fsp3) is 0.364. The van der Waals surface area contributed by atoms with Gasteiger partial charge in [0.2, 0.25) is 5.91 Å². The second-order valence-electron chi connectivity index (χ2n) is 7.35. The molecule has 0 spiro atoms. The third kappa shape index (κ3) is 3.47. The van der Waals surface area contributed by atoms with Crippen molar-refractivity contribution in [3.05, 3.63) is 54.1 Å². The average Bonchev–Trinajstić information content (AvgIpc) is 3.02. The molecule has 1 atom stereocenters. The normalized spacial score (nSPS) is 20.7. The van der Waals surface area contributed by atoms with E-state index in [0.717, 1.165) is 43.2 Å². The van der Waals surface area contributed by atoms with Crippen LogP contribution in [0.4, 0.5) is 11.4 Å². The Morgan fingerprint density at radius 3 is 2.36 bits per heavy atom. The van der Waals surface area contributed by atoms with Crippen LogP contribution in [0.5, 0.6) is 5.75 Å². The summed E-state index contributed by atoms with van der Waals surface area (Å²) in [5, 5.41) is 0. The number of hydrogen-bond donors (Lipinski definition) is 0. The predicted octanol–water partition coefficient (Wildman–Crippen LogP) is 2.46. The Balaban J connectivity index is 1.43. The maximum atomic E-state index is 13.0. The van der Waals surface area contributed by atoms with E-state index < -0.39 is 0 Å². The lowest BCUT2D eigenvalue weighted by Gasteiger charge is -2.38. The Morgan fingerprint density at radius 1 is 0.929 bits per heavy atom. The van der Waals surface area contributed by atoms with E-state index in [1.165, 1.54) is 4.90 Å². The van der Waals surface area contributed by atoms with Crippen molar-refractivity contribution in [1.29, 1.82) is 0 Å². The molecule has 2 aromatic carbocycles. The smallest absolute Gasteiger partial charge is 0.251 e. The van der Waals surface area contributed by atoms with Gasteiger partial charge in [-0.1, -0.05) is 18.2 Å². The predicted molar refractivity (Wildman–Crippen MR) is 109 cm³/mol. The van der Waals surface area contributed by atoms with Gasteiger partial charge in [0, 0.05) is 37.9 Å². The molecule has 0 bridgehead atoms. The van der Waals surface area contributed by atoms with Gasteiger partial charge in [-0.2, -0.15) is 0 Å². The minimum atomic E-state index is -0.361. The van der Waals surface area contributed by atoms with Gasteiger partial charge in [0.05, 0.1) is 25.3 Å². The Morgan fingerprint density at radius 2 is 1.64 bits per heavy atom. The first-order chi connectivity index (χ1) is 13.6. The van der Waals surface area contributed by atoms with Crippen LogP contribution in [0.3, 0.4) is 0 Å². The third-order valence-electron chi connectivity index (χ3n) is 5.56. The Kier molecular flexibility index (Phi) is 5.05. The van der Waals surface area contributed by atoms with Gasteiger partial charge in [0.25, 0.3) is 5.91 Å². The van der Waals surface area contributed by atoms with Crippen LogP contribution in [-0.4, -0.2) is 56.0 Å². The molecule has 28 heavy (non-hydrogen) atoms. The van der Waals surface area contributed by atoms with Gasteiger partial charge >= 0.3 is 0 Å². The van der Waals surface area contributed by atoms with Gasteiger partial charge in [-0.05, 0) is 36.8 Å². The van der Waals surface area contributed by atoms with Crippen LogP contribution in [-0.2, 0) is 9.59 Å². The van der Waals surface area contributed by atoms with Crippen LogP contribution in [0.2, 0.25) is 0 Å². The van der Waals surface area contributed by atoms with Crippen LogP contribution in [0, 0.1) is 6.92 Å². The number of benzene rings is 2. The quantitative estimate of drug-likeness (QED) is 0.764. The fourth-order valence-corrected chi connectivity index (χ4v) is 4.04. The molecular weight excluding hydrogens is 354 g/mol. The van der Waals surface area contributed by atoms with Crippen molar-refractivity contribution in [3.8, 4) is 5.75 Å². The van der Waals surface area contributed by atoms with E-state index >= 15 is 0 Å². The van der Waals surface area contributed by atoms with Crippen LogP contribution in [0.15, 0.2) is 48.5 Å². The van der Waals surface area contributed by atoms with Gasteiger partial charge in [-0.15, -0.1) is 0 Å². The number of carbonyl (C=O) groups is 2. The second kappa shape index (κ2) is 7.64. The summed E-state index contributed by atoms with van der Waals surface area (Å²) in [6, 6.07) is 15.2. The van der Waals surface area contributed by atoms with Crippen molar-refractivity contribution in [2.75, 3.05) is 43.1 Å². The Bertz CT molecular complexity index is 890. The number of carbonyl (C=O) groups excluding carboxylic acids is 2. The number of methoxy groups -OCH3 is 1. The SMILES string of the molecule is COc1cccc(N2CCN([C@@H]3CC(=O)N(c4cccc(C)c4)C3=O)CC2)c1. The molecule has 146 valence electrons. The zero-order valence-corrected chi connectivity index (χ0v) is 16.3. The van der Waals surface area contributed by atoms with E-state index in [2.05, 4.69) is 15.9 Å². The van der Waals surface area contributed by atoms with Crippen LogP contribution in [0.1, 0.15) is 12.0 Å². The third-order valence-corrected chi connectivity index (χ3v) is 5.56. The summed E-state index contributed by atoms with van der Waals surface area (Å²) in [7, 11) is 1.67. The number of amides is 2. The number of aryl methyl sites for hydroxylation is 1. The lowest BCUT2D eigenvalue weighted by molar-refractivity contribution is -0.123. The van der Waals surface area contributed by atoms with Gasteiger partial charge in [0.15, 0.2) is 0 Å². The van der Waals surface area contributed by atoms with Crippen molar-refractivity contribution in [2.24, 2.45) is 0 Å². The molecule has 4 rings (SSSR count). The molecule has 2 saturated heterocycles. The van der Waals surface area contributed by atoms with Gasteiger partial charge < -0.3 is 9.64 Å². The molecule has 0 aliphatic carbocycles. The molecule has 0 saturated carbocycles. The molecule has 2 heterocycles. The Hall–Kier alpha value is -2.86. The molecule has 2 aliphatic heterocycles. The number of hydrogen-bond acceptors (Lipinski definition) is 5. The van der Waals surface area contributed by atoms with E-state index in [9.17, 15) is 9.59 Å². The van der Waals surface area contributed by atoms with Gasteiger partial charge in [-0.25, -0.2) is 4.90 Å². The first-order valence-electron chi connectivity index (χ1n) is 9.63. The number of rotatable bonds is 4. The van der Waals surface area contributed by atoms with Crippen LogP contribution in [0.25, 0.3) is 0 Å². The average molecular weight is 379 g/mol. The molecule has 6 nitrogen and oxygen atoms in total. The second-order valence-corrected chi connectivity index (χ2v) is 7.35. The summed E-state index contributed by atoms with van der Waals surface area (Å²) in [4.78, 5) is 31.3. The standard InChI is InChI=1S/C22H25N3O3/c1-16-5-3-7-18(13-16)25-21(26)15-20(22(25)27)24-11-9-23(10-12-24)17-6-4-8-19(14-17)28-2/h3-8,13-14,20H,9-12,15H2,1-2H3/t20-/m1/s1. The van der Waals surface area contributed by atoms with Crippen molar-refractivity contribution in [1.82, 2.24) is 4.90 Å². The van der Waals surface area contributed by atoms with Crippen molar-refractivity contribution < 1.29 is 14.3 Å². The van der Waals surface area contributed by atoms with E-state index in [0.29, 0.717) is 5.69 Å². The zero-order valence-electron chi connectivity index (χ0n) is 16.3. The summed E-state index contributed by atoms with van der Waals surface area (Å²) in [6.45, 7) is 5.10. The first kappa shape index (κ1) is 18.5. The largest absolute Gasteiger partial charge is 0.497 e. The molecule has 2 aliphatic rings. The minimum absolute atomic E-state index is 0.106. The van der Waals surface area contributed by atoms with E-state index in [-0.39, 0.29) is 24.3 Å². The van der Waals surface area contributed by atoms with Crippen molar-refractivity contribution in [3.63, 3.8) is 0 Å². The summed E-state index contributed by atoms with van der Waals surface area (Å²) < 4.78 is 5.31. The summed E-state index contributed by atoms with van der Waals surface area (Å²) >= 11 is 0. The molecule has 0 radical (unpaired) electrons. The number of anilines is 2. The minimum Gasteiger partial charge on any atom is -0.497 e. The fourth-order valence-electron chi connectivity index (χ4n) is 4.04. The molecule has 0 unspecified atom stereocenters. The number of piperazine rings is 1. The lowest BCUT2D eigenvalue weighted by atomic mass is 10.1. The van der Waals surface area contributed by atoms with E-state index in [4.69, 9.17) is 4.74 Å². The molecule has 6 heteroatoms. The number of nitrogens with zero attached hydrogens (tertiary/aromatic N) is 3. The lowest BCUT2D eigenvalue weighted by Crippen LogP contribution is -2.52. The van der Waals surface area contributed by atoms with Crippen molar-refractivity contribution >= 4 is 23.2 Å². The molecule has 2 aromatic rings.